The molecule has 1 atom stereocenters. The Morgan fingerprint density at radius 1 is 1.45 bits per heavy atom. The lowest BCUT2D eigenvalue weighted by molar-refractivity contribution is 0.106. The number of halogens is 1. The largest absolute Gasteiger partial charge is 0.378 e. The van der Waals surface area contributed by atoms with Crippen molar-refractivity contribution in [3.8, 4) is 0 Å². The Morgan fingerprint density at radius 2 is 2.27 bits per heavy atom. The number of nitrogens with one attached hydrogen (secondary N) is 1. The van der Waals surface area contributed by atoms with E-state index in [-0.39, 0.29) is 0 Å². The zero-order valence-electron chi connectivity index (χ0n) is 13.5. The van der Waals surface area contributed by atoms with Gasteiger partial charge in [0.1, 0.15) is 0 Å². The van der Waals surface area contributed by atoms with Crippen LogP contribution < -0.4 is 5.32 Å². The predicted octanol–water partition coefficient (Wildman–Crippen LogP) is 3.31. The molecule has 1 aromatic carbocycles. The molecule has 1 heterocycles. The summed E-state index contributed by atoms with van der Waals surface area (Å²) in [7, 11) is 2.04. The molecule has 1 N–H and O–H groups in total. The van der Waals surface area contributed by atoms with E-state index >= 15 is 0 Å². The van der Waals surface area contributed by atoms with Gasteiger partial charge in [0.2, 0.25) is 0 Å². The van der Waals surface area contributed by atoms with Gasteiger partial charge in [-0.05, 0) is 37.8 Å². The number of aliphatic imine (C=N–C) groups is 1. The highest BCUT2D eigenvalue weighted by Gasteiger charge is 2.15. The minimum Gasteiger partial charge on any atom is -0.378 e. The monoisotopic (exact) mass is 323 g/mol. The van der Waals surface area contributed by atoms with E-state index in [0.29, 0.717) is 6.10 Å². The average Bonchev–Trinajstić information content (AvgIpc) is 3.02. The lowest BCUT2D eigenvalue weighted by Crippen LogP contribution is -2.38. The average molecular weight is 324 g/mol. The Hall–Kier alpha value is -1.26. The van der Waals surface area contributed by atoms with Crippen molar-refractivity contribution in [2.45, 2.75) is 38.8 Å². The third kappa shape index (κ3) is 5.18. The molecular weight excluding hydrogens is 298 g/mol. The van der Waals surface area contributed by atoms with Gasteiger partial charge in [0.05, 0.1) is 6.10 Å². The smallest absolute Gasteiger partial charge is 0.193 e. The normalized spacial score (nSPS) is 18.5. The van der Waals surface area contributed by atoms with Gasteiger partial charge in [-0.15, -0.1) is 0 Å². The van der Waals surface area contributed by atoms with E-state index in [9.17, 15) is 0 Å². The molecule has 1 fully saturated rings. The van der Waals surface area contributed by atoms with Gasteiger partial charge in [-0.25, -0.2) is 0 Å². The molecule has 0 radical (unpaired) electrons. The van der Waals surface area contributed by atoms with Crippen LogP contribution in [0.25, 0.3) is 0 Å². The van der Waals surface area contributed by atoms with Crippen molar-refractivity contribution in [1.82, 2.24) is 10.2 Å². The van der Waals surface area contributed by atoms with Crippen LogP contribution >= 0.6 is 11.6 Å². The Balaban J connectivity index is 1.91. The molecule has 0 aromatic heterocycles. The van der Waals surface area contributed by atoms with Crippen LogP contribution in [0.4, 0.5) is 0 Å². The number of ether oxygens (including phenoxy) is 1. The maximum absolute atomic E-state index is 6.24. The van der Waals surface area contributed by atoms with Crippen molar-refractivity contribution in [2.75, 3.05) is 26.7 Å². The van der Waals surface area contributed by atoms with Crippen LogP contribution in [0.5, 0.6) is 0 Å². The fraction of sp³-hybridized carbons (Fsp3) is 0.588. The second-order valence-corrected chi connectivity index (χ2v) is 6.01. The Morgan fingerprint density at radius 3 is 2.95 bits per heavy atom. The summed E-state index contributed by atoms with van der Waals surface area (Å²) >= 11 is 6.24. The van der Waals surface area contributed by atoms with E-state index in [1.165, 1.54) is 12.8 Å². The summed E-state index contributed by atoms with van der Waals surface area (Å²) in [5.74, 6) is 0.917. The standard InChI is InChI=1S/C17H26ClN3O/c1-3-19-17(20-11-10-15-8-6-12-22-15)21(2)13-14-7-4-5-9-16(14)18/h4-5,7,9,15H,3,6,8,10-13H2,1-2H3,(H,19,20). The van der Waals surface area contributed by atoms with Crippen molar-refractivity contribution in [2.24, 2.45) is 4.99 Å². The van der Waals surface area contributed by atoms with Crippen molar-refractivity contribution in [3.05, 3.63) is 34.9 Å². The number of nitrogens with zero attached hydrogens (tertiary/aromatic N) is 2. The van der Waals surface area contributed by atoms with Gasteiger partial charge in [-0.2, -0.15) is 0 Å². The molecular formula is C17H26ClN3O. The maximum atomic E-state index is 6.24. The van der Waals surface area contributed by atoms with Crippen LogP contribution in [0, 0.1) is 0 Å². The van der Waals surface area contributed by atoms with Gasteiger partial charge in [0.25, 0.3) is 0 Å². The molecule has 5 heteroatoms. The fourth-order valence-corrected chi connectivity index (χ4v) is 2.81. The summed E-state index contributed by atoms with van der Waals surface area (Å²) in [5.41, 5.74) is 1.11. The first-order valence-electron chi connectivity index (χ1n) is 8.05. The molecule has 1 aromatic rings. The SMILES string of the molecule is CCNC(=NCCC1CCCO1)N(C)Cc1ccccc1Cl. The molecule has 0 aliphatic carbocycles. The highest BCUT2D eigenvalue weighted by molar-refractivity contribution is 6.31. The number of hydrogen-bond donors (Lipinski definition) is 1. The first-order valence-corrected chi connectivity index (χ1v) is 8.43. The molecule has 0 bridgehead atoms. The second-order valence-electron chi connectivity index (χ2n) is 5.61. The van der Waals surface area contributed by atoms with Gasteiger partial charge in [-0.1, -0.05) is 29.8 Å². The molecule has 22 heavy (non-hydrogen) atoms. The van der Waals surface area contributed by atoms with E-state index in [1.54, 1.807) is 0 Å². The highest BCUT2D eigenvalue weighted by atomic mass is 35.5. The molecule has 2 rings (SSSR count). The Bertz CT molecular complexity index is 487. The Labute approximate surface area is 138 Å². The van der Waals surface area contributed by atoms with Gasteiger partial charge < -0.3 is 15.0 Å². The summed E-state index contributed by atoms with van der Waals surface area (Å²) in [6, 6.07) is 7.93. The van der Waals surface area contributed by atoms with E-state index in [4.69, 9.17) is 21.3 Å². The molecule has 4 nitrogen and oxygen atoms in total. The molecule has 1 aliphatic rings. The summed E-state index contributed by atoms with van der Waals surface area (Å²) in [6.07, 6.45) is 3.73. The summed E-state index contributed by atoms with van der Waals surface area (Å²) in [5, 5.41) is 4.14. The van der Waals surface area contributed by atoms with Gasteiger partial charge in [-0.3, -0.25) is 4.99 Å². The second kappa shape index (κ2) is 9.01. The van der Waals surface area contributed by atoms with Gasteiger partial charge in [0.15, 0.2) is 5.96 Å². The summed E-state index contributed by atoms with van der Waals surface area (Å²) in [6.45, 7) is 5.37. The molecule has 0 saturated carbocycles. The molecule has 1 aliphatic heterocycles. The molecule has 1 unspecified atom stereocenters. The minimum atomic E-state index is 0.389. The topological polar surface area (TPSA) is 36.9 Å². The Kier molecular flexibility index (Phi) is 7.00. The lowest BCUT2D eigenvalue weighted by Gasteiger charge is -2.23. The van der Waals surface area contributed by atoms with Gasteiger partial charge >= 0.3 is 0 Å². The van der Waals surface area contributed by atoms with Crippen molar-refractivity contribution >= 4 is 17.6 Å². The quantitative estimate of drug-likeness (QED) is 0.644. The molecule has 1 saturated heterocycles. The van der Waals surface area contributed by atoms with Crippen LogP contribution in [0.15, 0.2) is 29.3 Å². The molecule has 122 valence electrons. The molecule has 0 spiro atoms. The van der Waals surface area contributed by atoms with Crippen molar-refractivity contribution in [3.63, 3.8) is 0 Å². The predicted molar refractivity (Wildman–Crippen MR) is 92.5 cm³/mol. The first kappa shape index (κ1) is 17.1. The zero-order chi connectivity index (χ0) is 15.8. The number of guanidine groups is 1. The van der Waals surface area contributed by atoms with Crippen molar-refractivity contribution in [1.29, 1.82) is 0 Å². The number of hydrogen-bond acceptors (Lipinski definition) is 2. The van der Waals surface area contributed by atoms with E-state index in [0.717, 1.165) is 49.2 Å². The summed E-state index contributed by atoms with van der Waals surface area (Å²) in [4.78, 5) is 6.82. The summed E-state index contributed by atoms with van der Waals surface area (Å²) < 4.78 is 5.65. The number of benzene rings is 1. The highest BCUT2D eigenvalue weighted by Crippen LogP contribution is 2.17. The van der Waals surface area contributed by atoms with E-state index in [1.807, 2.05) is 25.2 Å². The van der Waals surface area contributed by atoms with E-state index in [2.05, 4.69) is 23.2 Å². The molecule has 0 amide bonds. The first-order chi connectivity index (χ1) is 10.7. The van der Waals surface area contributed by atoms with Crippen LogP contribution in [0.1, 0.15) is 31.7 Å². The maximum Gasteiger partial charge on any atom is 0.193 e. The zero-order valence-corrected chi connectivity index (χ0v) is 14.3. The third-order valence-corrected chi connectivity index (χ3v) is 4.17. The van der Waals surface area contributed by atoms with Crippen molar-refractivity contribution < 1.29 is 4.74 Å². The minimum absolute atomic E-state index is 0.389. The third-order valence-electron chi connectivity index (χ3n) is 3.80. The van der Waals surface area contributed by atoms with Crippen LogP contribution in [-0.4, -0.2) is 43.7 Å². The van der Waals surface area contributed by atoms with Gasteiger partial charge in [0, 0.05) is 38.3 Å². The van der Waals surface area contributed by atoms with E-state index < -0.39 is 0 Å². The number of rotatable bonds is 6. The van der Waals surface area contributed by atoms with Crippen LogP contribution in [0.3, 0.4) is 0 Å². The van der Waals surface area contributed by atoms with Crippen LogP contribution in [0.2, 0.25) is 5.02 Å². The lowest BCUT2D eigenvalue weighted by atomic mass is 10.2. The van der Waals surface area contributed by atoms with Crippen LogP contribution in [-0.2, 0) is 11.3 Å². The fourth-order valence-electron chi connectivity index (χ4n) is 2.61.